The lowest BCUT2D eigenvalue weighted by Crippen LogP contribution is -2.47. The molecule has 6 nitrogen and oxygen atoms in total. The minimum Gasteiger partial charge on any atom is -0.444 e. The van der Waals surface area contributed by atoms with Crippen LogP contribution in [0.25, 0.3) is 0 Å². The first-order chi connectivity index (χ1) is 10.3. The van der Waals surface area contributed by atoms with Crippen LogP contribution in [0.2, 0.25) is 0 Å². The maximum absolute atomic E-state index is 12.2. The van der Waals surface area contributed by atoms with Crippen LogP contribution in [-0.2, 0) is 9.47 Å². The smallest absolute Gasteiger partial charge is 0.410 e. The second-order valence-electron chi connectivity index (χ2n) is 7.44. The number of nitrogens with one attached hydrogen (secondary N) is 1. The van der Waals surface area contributed by atoms with E-state index in [1.54, 1.807) is 12.0 Å². The Hall–Kier alpha value is -0.850. The van der Waals surface area contributed by atoms with Gasteiger partial charge < -0.3 is 24.8 Å². The number of aliphatic hydroxyl groups excluding tert-OH is 1. The van der Waals surface area contributed by atoms with E-state index in [-0.39, 0.29) is 24.3 Å². The summed E-state index contributed by atoms with van der Waals surface area (Å²) in [5.41, 5.74) is -0.481. The van der Waals surface area contributed by atoms with E-state index in [1.165, 1.54) is 0 Å². The van der Waals surface area contributed by atoms with Crippen LogP contribution in [0.3, 0.4) is 0 Å². The number of hydrogen-bond acceptors (Lipinski definition) is 5. The Labute approximate surface area is 133 Å². The summed E-state index contributed by atoms with van der Waals surface area (Å²) in [6, 6.07) is 0.516. The molecule has 0 bridgehead atoms. The molecule has 1 saturated carbocycles. The molecule has 0 spiro atoms. The topological polar surface area (TPSA) is 71.0 Å². The summed E-state index contributed by atoms with van der Waals surface area (Å²) >= 11 is 0. The molecule has 0 aromatic carbocycles. The lowest BCUT2D eigenvalue weighted by Gasteiger charge is -2.30. The van der Waals surface area contributed by atoms with Gasteiger partial charge in [0.15, 0.2) is 0 Å². The highest BCUT2D eigenvalue weighted by Crippen LogP contribution is 2.22. The monoisotopic (exact) mass is 314 g/mol. The van der Waals surface area contributed by atoms with Gasteiger partial charge in [0.05, 0.1) is 24.8 Å². The van der Waals surface area contributed by atoms with Crippen molar-refractivity contribution in [2.45, 2.75) is 76.3 Å². The molecule has 1 saturated heterocycles. The highest BCUT2D eigenvalue weighted by Gasteiger charge is 2.38. The first-order valence-corrected chi connectivity index (χ1v) is 8.23. The van der Waals surface area contributed by atoms with Gasteiger partial charge in [-0.25, -0.2) is 4.79 Å². The molecule has 1 amide bonds. The van der Waals surface area contributed by atoms with Crippen molar-refractivity contribution in [1.82, 2.24) is 10.2 Å². The van der Waals surface area contributed by atoms with Gasteiger partial charge in [0.25, 0.3) is 0 Å². The van der Waals surface area contributed by atoms with Gasteiger partial charge in [0, 0.05) is 19.7 Å². The number of aliphatic hydroxyl groups is 1. The quantitative estimate of drug-likeness (QED) is 0.826. The van der Waals surface area contributed by atoms with Gasteiger partial charge in [-0.15, -0.1) is 0 Å². The molecule has 1 heterocycles. The number of nitrogens with zero attached hydrogens (tertiary/aromatic N) is 1. The molecule has 22 heavy (non-hydrogen) atoms. The Morgan fingerprint density at radius 1 is 1.18 bits per heavy atom. The molecule has 2 fully saturated rings. The van der Waals surface area contributed by atoms with Gasteiger partial charge >= 0.3 is 6.09 Å². The first kappa shape index (κ1) is 17.5. The summed E-state index contributed by atoms with van der Waals surface area (Å²) in [6.07, 6.45) is 3.19. The number of ether oxygens (including phenoxy) is 2. The molecule has 6 heteroatoms. The van der Waals surface area contributed by atoms with Crippen LogP contribution < -0.4 is 5.32 Å². The second kappa shape index (κ2) is 7.15. The predicted octanol–water partition coefficient (Wildman–Crippen LogP) is 1.51. The maximum atomic E-state index is 12.2. The van der Waals surface area contributed by atoms with E-state index in [9.17, 15) is 9.90 Å². The van der Waals surface area contributed by atoms with Crippen LogP contribution in [0.5, 0.6) is 0 Å². The third kappa shape index (κ3) is 4.83. The summed E-state index contributed by atoms with van der Waals surface area (Å²) in [7, 11) is 1.68. The molecule has 1 aliphatic heterocycles. The Balaban J connectivity index is 1.88. The van der Waals surface area contributed by atoms with Crippen molar-refractivity contribution in [3.8, 4) is 0 Å². The van der Waals surface area contributed by atoms with Crippen molar-refractivity contribution in [3.05, 3.63) is 0 Å². The van der Waals surface area contributed by atoms with E-state index in [1.807, 2.05) is 20.8 Å². The van der Waals surface area contributed by atoms with Gasteiger partial charge in [-0.3, -0.25) is 0 Å². The summed E-state index contributed by atoms with van der Waals surface area (Å²) in [5.74, 6) is 0. The molecular formula is C16H30N2O4. The molecule has 1 unspecified atom stereocenters. The molecule has 0 radical (unpaired) electrons. The van der Waals surface area contributed by atoms with Gasteiger partial charge in [-0.2, -0.15) is 0 Å². The van der Waals surface area contributed by atoms with Crippen molar-refractivity contribution in [2.24, 2.45) is 0 Å². The number of methoxy groups -OCH3 is 1. The molecule has 2 rings (SSSR count). The number of hydrogen-bond donors (Lipinski definition) is 2. The van der Waals surface area contributed by atoms with E-state index in [0.29, 0.717) is 19.1 Å². The van der Waals surface area contributed by atoms with E-state index in [0.717, 1.165) is 25.7 Å². The minimum atomic E-state index is -0.481. The fraction of sp³-hybridized carbons (Fsp3) is 0.938. The van der Waals surface area contributed by atoms with Crippen molar-refractivity contribution < 1.29 is 19.4 Å². The molecule has 128 valence electrons. The molecule has 0 aromatic heterocycles. The van der Waals surface area contributed by atoms with Crippen LogP contribution in [0, 0.1) is 0 Å². The van der Waals surface area contributed by atoms with Crippen molar-refractivity contribution in [2.75, 3.05) is 20.2 Å². The molecule has 1 aliphatic carbocycles. The average molecular weight is 314 g/mol. The Kier molecular flexibility index (Phi) is 5.69. The largest absolute Gasteiger partial charge is 0.444 e. The number of rotatable bonds is 3. The van der Waals surface area contributed by atoms with Crippen LogP contribution in [0.1, 0.15) is 46.5 Å². The minimum absolute atomic E-state index is 0.0145. The molecule has 0 aromatic rings. The van der Waals surface area contributed by atoms with Gasteiger partial charge in [-0.1, -0.05) is 0 Å². The third-order valence-corrected chi connectivity index (χ3v) is 4.37. The van der Waals surface area contributed by atoms with E-state index in [4.69, 9.17) is 9.47 Å². The highest BCUT2D eigenvalue weighted by molar-refractivity contribution is 5.68. The number of carbonyl (C=O) groups excluding carboxylic acids is 1. The van der Waals surface area contributed by atoms with Gasteiger partial charge in [0.1, 0.15) is 5.60 Å². The standard InChI is InChI=1S/C16H30N2O4/c1-16(2,3)22-15(20)18-9-13(14(10-18)21-4)17-11-5-7-12(19)8-6-11/h11-14,17,19H,5-10H2,1-4H3/t11?,12?,13?,14-/m0/s1. The summed E-state index contributed by atoms with van der Waals surface area (Å²) in [6.45, 7) is 6.78. The Morgan fingerprint density at radius 3 is 2.36 bits per heavy atom. The zero-order valence-electron chi connectivity index (χ0n) is 14.2. The van der Waals surface area contributed by atoms with Crippen molar-refractivity contribution in [3.63, 3.8) is 0 Å². The number of carbonyl (C=O) groups is 1. The van der Waals surface area contributed by atoms with Crippen LogP contribution in [0.4, 0.5) is 4.79 Å². The van der Waals surface area contributed by atoms with Crippen LogP contribution in [0.15, 0.2) is 0 Å². The lowest BCUT2D eigenvalue weighted by atomic mass is 9.92. The van der Waals surface area contributed by atoms with Gasteiger partial charge in [-0.05, 0) is 46.5 Å². The maximum Gasteiger partial charge on any atom is 0.410 e. The van der Waals surface area contributed by atoms with Crippen LogP contribution in [-0.4, -0.2) is 66.2 Å². The Bertz CT molecular complexity index is 375. The van der Waals surface area contributed by atoms with Crippen molar-refractivity contribution in [1.29, 1.82) is 0 Å². The summed E-state index contributed by atoms with van der Waals surface area (Å²) < 4.78 is 11.0. The van der Waals surface area contributed by atoms with Crippen LogP contribution >= 0.6 is 0 Å². The van der Waals surface area contributed by atoms with E-state index >= 15 is 0 Å². The second-order valence-corrected chi connectivity index (χ2v) is 7.44. The average Bonchev–Trinajstić information content (AvgIpc) is 2.83. The zero-order chi connectivity index (χ0) is 16.3. The first-order valence-electron chi connectivity index (χ1n) is 8.23. The predicted molar refractivity (Wildman–Crippen MR) is 83.8 cm³/mol. The molecule has 2 atom stereocenters. The summed E-state index contributed by atoms with van der Waals surface area (Å²) in [4.78, 5) is 13.9. The lowest BCUT2D eigenvalue weighted by molar-refractivity contribution is 0.0252. The van der Waals surface area contributed by atoms with E-state index < -0.39 is 5.60 Å². The number of amides is 1. The SMILES string of the molecule is CO[C@H]1CN(C(=O)OC(C)(C)C)CC1NC1CCC(O)CC1. The third-order valence-electron chi connectivity index (χ3n) is 4.37. The molecule has 2 N–H and O–H groups in total. The van der Waals surface area contributed by atoms with E-state index in [2.05, 4.69) is 5.32 Å². The molecular weight excluding hydrogens is 284 g/mol. The van der Waals surface area contributed by atoms with Crippen molar-refractivity contribution >= 4 is 6.09 Å². The highest BCUT2D eigenvalue weighted by atomic mass is 16.6. The Morgan fingerprint density at radius 2 is 1.82 bits per heavy atom. The normalized spacial score (nSPS) is 33.0. The number of likely N-dealkylation sites (tertiary alicyclic amines) is 1. The zero-order valence-corrected chi connectivity index (χ0v) is 14.2. The summed E-state index contributed by atoms with van der Waals surface area (Å²) in [5, 5.41) is 13.2. The van der Waals surface area contributed by atoms with Gasteiger partial charge in [0.2, 0.25) is 0 Å². The fourth-order valence-corrected chi connectivity index (χ4v) is 3.19. The molecule has 2 aliphatic rings. The fourth-order valence-electron chi connectivity index (χ4n) is 3.19.